The van der Waals surface area contributed by atoms with Crippen LogP contribution in [0, 0.1) is 0 Å². The SMILES string of the molecule is CC1COC(CBr)CN1C(=O)c1ccc(=O)[nH]c1. The Hall–Kier alpha value is -1.14. The summed E-state index contributed by atoms with van der Waals surface area (Å²) in [7, 11) is 0. The smallest absolute Gasteiger partial charge is 0.255 e. The van der Waals surface area contributed by atoms with Crippen LogP contribution in [0.5, 0.6) is 0 Å². The summed E-state index contributed by atoms with van der Waals surface area (Å²) >= 11 is 3.36. The predicted octanol–water partition coefficient (Wildman–Crippen LogP) is 0.999. The van der Waals surface area contributed by atoms with Gasteiger partial charge in [0.05, 0.1) is 24.3 Å². The summed E-state index contributed by atoms with van der Waals surface area (Å²) in [6, 6.07) is 2.95. The van der Waals surface area contributed by atoms with Crippen LogP contribution in [-0.4, -0.2) is 46.4 Å². The van der Waals surface area contributed by atoms with Crippen molar-refractivity contribution in [3.8, 4) is 0 Å². The number of alkyl halides is 1. The molecule has 0 saturated carbocycles. The molecule has 2 rings (SSSR count). The zero-order valence-corrected chi connectivity index (χ0v) is 11.6. The Bertz CT molecular complexity index is 468. The maximum absolute atomic E-state index is 12.3. The molecule has 0 aromatic carbocycles. The highest BCUT2D eigenvalue weighted by atomic mass is 79.9. The summed E-state index contributed by atoms with van der Waals surface area (Å²) < 4.78 is 5.58. The van der Waals surface area contributed by atoms with E-state index >= 15 is 0 Å². The summed E-state index contributed by atoms with van der Waals surface area (Å²) in [4.78, 5) is 27.6. The molecule has 1 amide bonds. The summed E-state index contributed by atoms with van der Waals surface area (Å²) in [6.07, 6.45) is 1.48. The van der Waals surface area contributed by atoms with Crippen LogP contribution in [0.3, 0.4) is 0 Å². The Morgan fingerprint density at radius 2 is 2.39 bits per heavy atom. The van der Waals surface area contributed by atoms with Gasteiger partial charge >= 0.3 is 0 Å². The molecule has 5 nitrogen and oxygen atoms in total. The molecular weight excluding hydrogens is 300 g/mol. The number of carbonyl (C=O) groups is 1. The van der Waals surface area contributed by atoms with Gasteiger partial charge in [0.2, 0.25) is 5.56 Å². The van der Waals surface area contributed by atoms with Gasteiger partial charge in [0.1, 0.15) is 0 Å². The van der Waals surface area contributed by atoms with Crippen LogP contribution >= 0.6 is 15.9 Å². The second kappa shape index (κ2) is 5.67. The van der Waals surface area contributed by atoms with Crippen molar-refractivity contribution in [3.05, 3.63) is 34.2 Å². The van der Waals surface area contributed by atoms with Gasteiger partial charge in [-0.2, -0.15) is 0 Å². The van der Waals surface area contributed by atoms with Gasteiger partial charge in [-0.15, -0.1) is 0 Å². The fourth-order valence-electron chi connectivity index (χ4n) is 1.90. The van der Waals surface area contributed by atoms with E-state index in [9.17, 15) is 9.59 Å². The predicted molar refractivity (Wildman–Crippen MR) is 71.1 cm³/mol. The van der Waals surface area contributed by atoms with Gasteiger partial charge in [0.25, 0.3) is 5.91 Å². The van der Waals surface area contributed by atoms with Gasteiger partial charge in [0.15, 0.2) is 0 Å². The summed E-state index contributed by atoms with van der Waals surface area (Å²) in [5, 5.41) is 0.703. The summed E-state index contributed by atoms with van der Waals surface area (Å²) in [5.74, 6) is -0.0759. The van der Waals surface area contributed by atoms with Gasteiger partial charge in [-0.3, -0.25) is 9.59 Å². The first-order chi connectivity index (χ1) is 8.61. The summed E-state index contributed by atoms with van der Waals surface area (Å²) in [6.45, 7) is 3.05. The van der Waals surface area contributed by atoms with Crippen LogP contribution < -0.4 is 5.56 Å². The van der Waals surface area contributed by atoms with Crippen molar-refractivity contribution in [2.45, 2.75) is 19.1 Å². The first-order valence-electron chi connectivity index (χ1n) is 5.79. The topological polar surface area (TPSA) is 62.4 Å². The second-order valence-electron chi connectivity index (χ2n) is 4.36. The van der Waals surface area contributed by atoms with Crippen molar-refractivity contribution < 1.29 is 9.53 Å². The van der Waals surface area contributed by atoms with E-state index in [0.29, 0.717) is 24.0 Å². The Labute approximate surface area is 113 Å². The van der Waals surface area contributed by atoms with E-state index in [1.54, 1.807) is 11.0 Å². The molecule has 0 radical (unpaired) electrons. The molecule has 2 unspecified atom stereocenters. The van der Waals surface area contributed by atoms with Crippen LogP contribution in [0.4, 0.5) is 0 Å². The molecule has 0 spiro atoms. The van der Waals surface area contributed by atoms with E-state index in [-0.39, 0.29) is 23.6 Å². The van der Waals surface area contributed by atoms with Gasteiger partial charge in [-0.05, 0) is 13.0 Å². The van der Waals surface area contributed by atoms with Crippen LogP contribution in [0.1, 0.15) is 17.3 Å². The number of H-pyrrole nitrogens is 1. The number of nitrogens with one attached hydrogen (secondary N) is 1. The van der Waals surface area contributed by atoms with Gasteiger partial charge in [-0.25, -0.2) is 0 Å². The highest BCUT2D eigenvalue weighted by Crippen LogP contribution is 2.16. The lowest BCUT2D eigenvalue weighted by atomic mass is 10.1. The average Bonchev–Trinajstić information content (AvgIpc) is 2.39. The lowest BCUT2D eigenvalue weighted by Crippen LogP contribution is -2.51. The van der Waals surface area contributed by atoms with E-state index in [1.807, 2.05) is 6.92 Å². The number of amides is 1. The van der Waals surface area contributed by atoms with Crippen LogP contribution in [0.15, 0.2) is 23.1 Å². The third-order valence-electron chi connectivity index (χ3n) is 2.97. The third-order valence-corrected chi connectivity index (χ3v) is 3.69. The van der Waals surface area contributed by atoms with E-state index in [1.165, 1.54) is 12.3 Å². The number of carbonyl (C=O) groups excluding carboxylic acids is 1. The highest BCUT2D eigenvalue weighted by Gasteiger charge is 2.29. The zero-order valence-electron chi connectivity index (χ0n) is 10.1. The molecule has 1 fully saturated rings. The fourth-order valence-corrected chi connectivity index (χ4v) is 2.29. The number of halogens is 1. The molecule has 1 aromatic heterocycles. The van der Waals surface area contributed by atoms with Crippen molar-refractivity contribution in [1.82, 2.24) is 9.88 Å². The number of pyridine rings is 1. The highest BCUT2D eigenvalue weighted by molar-refractivity contribution is 9.09. The number of nitrogens with zero attached hydrogens (tertiary/aromatic N) is 1. The number of morpholine rings is 1. The maximum Gasteiger partial charge on any atom is 0.255 e. The van der Waals surface area contributed by atoms with Crippen LogP contribution in [0.25, 0.3) is 0 Å². The van der Waals surface area contributed by atoms with Crippen molar-refractivity contribution in [2.75, 3.05) is 18.5 Å². The van der Waals surface area contributed by atoms with E-state index in [4.69, 9.17) is 4.74 Å². The minimum atomic E-state index is -0.208. The molecule has 0 bridgehead atoms. The molecule has 6 heteroatoms. The van der Waals surface area contributed by atoms with Crippen molar-refractivity contribution in [3.63, 3.8) is 0 Å². The van der Waals surface area contributed by atoms with Crippen molar-refractivity contribution in [2.24, 2.45) is 0 Å². The monoisotopic (exact) mass is 314 g/mol. The molecule has 0 aliphatic carbocycles. The molecule has 1 saturated heterocycles. The molecule has 18 heavy (non-hydrogen) atoms. The quantitative estimate of drug-likeness (QED) is 0.828. The molecule has 1 aliphatic heterocycles. The van der Waals surface area contributed by atoms with Gasteiger partial charge in [0, 0.05) is 24.1 Å². The number of aromatic nitrogens is 1. The van der Waals surface area contributed by atoms with E-state index in [2.05, 4.69) is 20.9 Å². The Morgan fingerprint density at radius 1 is 1.61 bits per heavy atom. The number of rotatable bonds is 2. The van der Waals surface area contributed by atoms with E-state index in [0.717, 1.165) is 0 Å². The molecular formula is C12H15BrN2O3. The average molecular weight is 315 g/mol. The number of hydrogen-bond acceptors (Lipinski definition) is 3. The number of hydrogen-bond donors (Lipinski definition) is 1. The molecule has 2 heterocycles. The lowest BCUT2D eigenvalue weighted by molar-refractivity contribution is -0.0361. The van der Waals surface area contributed by atoms with Crippen LogP contribution in [0.2, 0.25) is 0 Å². The maximum atomic E-state index is 12.3. The first-order valence-corrected chi connectivity index (χ1v) is 6.91. The minimum absolute atomic E-state index is 0.0212. The number of ether oxygens (including phenoxy) is 1. The molecule has 2 atom stereocenters. The largest absolute Gasteiger partial charge is 0.373 e. The Kier molecular flexibility index (Phi) is 4.19. The third kappa shape index (κ3) is 2.81. The fraction of sp³-hybridized carbons (Fsp3) is 0.500. The standard InChI is InChI=1S/C12H15BrN2O3/c1-8-7-18-10(4-13)6-15(8)12(17)9-2-3-11(16)14-5-9/h2-3,5,8,10H,4,6-7H2,1H3,(H,14,16). The van der Waals surface area contributed by atoms with Crippen LogP contribution in [-0.2, 0) is 4.74 Å². The normalized spacial score (nSPS) is 24.0. The number of aromatic amines is 1. The first kappa shape index (κ1) is 13.3. The molecule has 1 aliphatic rings. The van der Waals surface area contributed by atoms with E-state index < -0.39 is 0 Å². The Morgan fingerprint density at radius 3 is 3.00 bits per heavy atom. The van der Waals surface area contributed by atoms with Gasteiger partial charge in [-0.1, -0.05) is 15.9 Å². The summed E-state index contributed by atoms with van der Waals surface area (Å²) in [5.41, 5.74) is 0.289. The van der Waals surface area contributed by atoms with Crippen molar-refractivity contribution in [1.29, 1.82) is 0 Å². The Balaban J connectivity index is 2.16. The molecule has 1 aromatic rings. The molecule has 98 valence electrons. The van der Waals surface area contributed by atoms with Gasteiger partial charge < -0.3 is 14.6 Å². The van der Waals surface area contributed by atoms with Crippen molar-refractivity contribution >= 4 is 21.8 Å². The zero-order chi connectivity index (χ0) is 13.1. The lowest BCUT2D eigenvalue weighted by Gasteiger charge is -2.37. The minimum Gasteiger partial charge on any atom is -0.373 e. The second-order valence-corrected chi connectivity index (χ2v) is 5.01. The molecule has 1 N–H and O–H groups in total.